The summed E-state index contributed by atoms with van der Waals surface area (Å²) in [5, 5.41) is 5.45. The maximum Gasteiger partial charge on any atom is 0.332 e. The highest BCUT2D eigenvalue weighted by Gasteiger charge is 2.47. The average molecular weight is 1000 g/mol. The Morgan fingerprint density at radius 3 is 2.36 bits per heavy atom. The smallest absolute Gasteiger partial charge is 0.332 e. The third-order valence-electron chi connectivity index (χ3n) is 14.4. The lowest BCUT2D eigenvalue weighted by Crippen LogP contribution is -2.56. The molecule has 1 unspecified atom stereocenters. The normalized spacial score (nSPS) is 21.3. The molecule has 4 aromatic rings. The molecule has 6 aliphatic heterocycles. The Labute approximate surface area is 396 Å². The maximum absolute atomic E-state index is 15.2. The number of methoxy groups -OCH3 is 1. The van der Waals surface area contributed by atoms with Crippen LogP contribution >= 0.6 is 15.9 Å². The number of carbonyl (C=O) groups excluding carboxylic acids is 3. The van der Waals surface area contributed by atoms with Crippen LogP contribution < -0.4 is 33.8 Å². The van der Waals surface area contributed by atoms with Crippen LogP contribution in [0, 0.1) is 24.5 Å². The molecule has 1 atom stereocenters. The zero-order chi connectivity index (χ0) is 46.7. The van der Waals surface area contributed by atoms with Crippen molar-refractivity contribution in [3.63, 3.8) is 0 Å². The van der Waals surface area contributed by atoms with Crippen molar-refractivity contribution in [2.45, 2.75) is 70.3 Å². The zero-order valence-corrected chi connectivity index (χ0v) is 39.8. The summed E-state index contributed by atoms with van der Waals surface area (Å²) in [7, 11) is -2.28. The summed E-state index contributed by atoms with van der Waals surface area (Å²) in [6.45, 7) is 8.02. The van der Waals surface area contributed by atoms with Crippen molar-refractivity contribution in [3.8, 4) is 5.75 Å². The van der Waals surface area contributed by atoms with Gasteiger partial charge >= 0.3 is 10.2 Å². The van der Waals surface area contributed by atoms with Gasteiger partial charge in [0.1, 0.15) is 17.4 Å². The van der Waals surface area contributed by atoms with Gasteiger partial charge in [-0.05, 0) is 116 Å². The second kappa shape index (κ2) is 18.1. The van der Waals surface area contributed by atoms with Crippen LogP contribution in [0.2, 0.25) is 0 Å². The summed E-state index contributed by atoms with van der Waals surface area (Å²) in [5.41, 5.74) is 5.11. The van der Waals surface area contributed by atoms with Gasteiger partial charge in [0.05, 0.1) is 41.1 Å². The van der Waals surface area contributed by atoms with Crippen LogP contribution in [0.4, 0.5) is 49.0 Å². The molecule has 3 amide bonds. The minimum absolute atomic E-state index is 0.0485. The number of hydrogen-bond donors (Lipinski definition) is 2. The van der Waals surface area contributed by atoms with Crippen LogP contribution in [0.1, 0.15) is 67.6 Å². The molecule has 0 saturated carbocycles. The Bertz CT molecular complexity index is 2730. The van der Waals surface area contributed by atoms with Crippen LogP contribution in [0.5, 0.6) is 5.75 Å². The standard InChI is InChI=1S/C47H53BrF2N10O6S/c1-28-22-37(52-47-51-26-34(48)45(54-47)60-38-5-3-4-30-11-19-59(44(30)38)67(60,64)65)40(66-2)25-39(28)57-17-12-31(13-18-57)58-21-20-55(27-42(58)62)14-8-29-9-15-56(16-10-29)32-23-35(49)43(36(50)24-32)33-6-7-41(61)53-46(33)63/h3-5,22-26,29,31,33H,6-21,27H2,1-2H3,(H,51,52,54)(H,53,61,63). The summed E-state index contributed by atoms with van der Waals surface area (Å²) in [6, 6.07) is 12.4. The minimum atomic E-state index is -3.89. The molecule has 7 heterocycles. The van der Waals surface area contributed by atoms with Gasteiger partial charge < -0.3 is 24.8 Å². The van der Waals surface area contributed by atoms with E-state index in [0.717, 1.165) is 75.1 Å². The van der Waals surface area contributed by atoms with Gasteiger partial charge in [-0.3, -0.25) is 28.9 Å². The Balaban J connectivity index is 0.703. The molecule has 10 rings (SSSR count). The molecule has 67 heavy (non-hydrogen) atoms. The molecule has 6 aliphatic rings. The highest BCUT2D eigenvalue weighted by atomic mass is 79.9. The van der Waals surface area contributed by atoms with Gasteiger partial charge in [-0.1, -0.05) is 12.1 Å². The molecule has 16 nitrogen and oxygen atoms in total. The van der Waals surface area contributed by atoms with Crippen molar-refractivity contribution in [1.29, 1.82) is 0 Å². The first-order chi connectivity index (χ1) is 32.3. The second-order valence-corrected chi connectivity index (χ2v) is 20.9. The van der Waals surface area contributed by atoms with Crippen molar-refractivity contribution < 1.29 is 36.3 Å². The summed E-state index contributed by atoms with van der Waals surface area (Å²) in [4.78, 5) is 55.2. The van der Waals surface area contributed by atoms with E-state index in [2.05, 4.69) is 46.2 Å². The number of rotatable bonds is 11. The topological polar surface area (TPSA) is 164 Å². The van der Waals surface area contributed by atoms with E-state index in [4.69, 9.17) is 9.72 Å². The Morgan fingerprint density at radius 2 is 1.64 bits per heavy atom. The molecule has 0 spiro atoms. The van der Waals surface area contributed by atoms with Gasteiger partial charge in [0, 0.05) is 87.5 Å². The van der Waals surface area contributed by atoms with Crippen molar-refractivity contribution in [1.82, 2.24) is 25.1 Å². The van der Waals surface area contributed by atoms with Crippen LogP contribution in [0.25, 0.3) is 0 Å². The Hall–Kier alpha value is -5.60. The van der Waals surface area contributed by atoms with E-state index in [1.807, 2.05) is 36.1 Å². The summed E-state index contributed by atoms with van der Waals surface area (Å²) >= 11 is 3.50. The first kappa shape index (κ1) is 45.2. The van der Waals surface area contributed by atoms with Crippen LogP contribution in [-0.4, -0.2) is 118 Å². The monoisotopic (exact) mass is 1000 g/mol. The number of aryl methyl sites for hydroxylation is 1. The molecule has 0 aliphatic carbocycles. The van der Waals surface area contributed by atoms with Gasteiger partial charge in [-0.2, -0.15) is 13.4 Å². The summed E-state index contributed by atoms with van der Waals surface area (Å²) in [6.07, 6.45) is 6.72. The number of nitrogens with one attached hydrogen (secondary N) is 2. The number of amides is 3. The molecular weight excluding hydrogens is 951 g/mol. The average Bonchev–Trinajstić information content (AvgIpc) is 3.86. The number of hydrogen-bond acceptors (Lipinski definition) is 12. The molecule has 2 N–H and O–H groups in total. The van der Waals surface area contributed by atoms with Crippen LogP contribution in [0.3, 0.4) is 0 Å². The van der Waals surface area contributed by atoms with Gasteiger partial charge in [0.25, 0.3) is 0 Å². The fourth-order valence-corrected chi connectivity index (χ4v) is 13.0. The fraction of sp³-hybridized carbons (Fsp3) is 0.468. The summed E-state index contributed by atoms with van der Waals surface area (Å²) in [5.74, 6) is -2.04. The van der Waals surface area contributed by atoms with Crippen LogP contribution in [-0.2, 0) is 31.0 Å². The number of halogens is 3. The number of nitrogens with zero attached hydrogens (tertiary/aromatic N) is 8. The van der Waals surface area contributed by atoms with Crippen molar-refractivity contribution >= 4 is 84.1 Å². The van der Waals surface area contributed by atoms with Gasteiger partial charge in [-0.15, -0.1) is 0 Å². The lowest BCUT2D eigenvalue weighted by Gasteiger charge is -2.43. The molecule has 0 radical (unpaired) electrons. The van der Waals surface area contributed by atoms with Crippen molar-refractivity contribution in [3.05, 3.63) is 81.5 Å². The molecule has 0 bridgehead atoms. The van der Waals surface area contributed by atoms with E-state index >= 15 is 8.78 Å². The van der Waals surface area contributed by atoms with E-state index in [9.17, 15) is 22.8 Å². The number of carbonyl (C=O) groups is 3. The SMILES string of the molecule is COc1cc(N2CCC(N3CCN(CCC4CCN(c5cc(F)c(C6CCC(=O)NC6=O)c(F)c5)CC4)CC3=O)CC2)c(C)cc1Nc1ncc(Br)c(N2c3cccc4c3N(CC4)S2(=O)=O)n1. The first-order valence-corrected chi connectivity index (χ1v) is 25.2. The predicted molar refractivity (Wildman–Crippen MR) is 254 cm³/mol. The molecule has 354 valence electrons. The second-order valence-electron chi connectivity index (χ2n) is 18.3. The number of piperidine rings is 3. The first-order valence-electron chi connectivity index (χ1n) is 23.0. The Morgan fingerprint density at radius 1 is 0.896 bits per heavy atom. The van der Waals surface area contributed by atoms with Crippen molar-refractivity contribution in [2.24, 2.45) is 5.92 Å². The maximum atomic E-state index is 15.2. The quantitative estimate of drug-likeness (QED) is 0.162. The number of benzene rings is 3. The van der Waals surface area contributed by atoms with Crippen molar-refractivity contribution in [2.75, 3.05) is 89.7 Å². The summed E-state index contributed by atoms with van der Waals surface area (Å²) < 4.78 is 66.9. The molecule has 20 heteroatoms. The fourth-order valence-electron chi connectivity index (χ4n) is 10.8. The third kappa shape index (κ3) is 8.53. The predicted octanol–water partition coefficient (Wildman–Crippen LogP) is 6.28. The molecular formula is C47H53BrF2N10O6S. The third-order valence-corrected chi connectivity index (χ3v) is 16.7. The molecule has 3 aromatic carbocycles. The van der Waals surface area contributed by atoms with Gasteiger partial charge in [0.15, 0.2) is 5.82 Å². The number of aromatic nitrogens is 2. The number of anilines is 7. The van der Waals surface area contributed by atoms with Gasteiger partial charge in [-0.25, -0.2) is 18.1 Å². The van der Waals surface area contributed by atoms with Gasteiger partial charge in [0.2, 0.25) is 23.7 Å². The van der Waals surface area contributed by atoms with Crippen LogP contribution in [0.15, 0.2) is 53.1 Å². The largest absolute Gasteiger partial charge is 0.494 e. The number of ether oxygens (including phenoxy) is 1. The molecule has 4 fully saturated rings. The minimum Gasteiger partial charge on any atom is -0.494 e. The highest BCUT2D eigenvalue weighted by molar-refractivity contribution is 9.10. The number of para-hydroxylation sites is 1. The van der Waals surface area contributed by atoms with E-state index in [1.54, 1.807) is 19.4 Å². The molecule has 4 saturated heterocycles. The lowest BCUT2D eigenvalue weighted by atomic mass is 9.89. The number of piperazine rings is 1. The number of imide groups is 1. The van der Waals surface area contributed by atoms with E-state index in [0.29, 0.717) is 78.0 Å². The molecule has 1 aromatic heterocycles. The van der Waals surface area contributed by atoms with E-state index in [1.165, 1.54) is 20.7 Å². The highest BCUT2D eigenvalue weighted by Crippen LogP contribution is 2.51. The van der Waals surface area contributed by atoms with E-state index < -0.39 is 39.6 Å². The van der Waals surface area contributed by atoms with E-state index in [-0.39, 0.29) is 42.1 Å². The lowest BCUT2D eigenvalue weighted by molar-refractivity contribution is -0.139. The Kier molecular flexibility index (Phi) is 12.2. The zero-order valence-electron chi connectivity index (χ0n) is 37.4.